The van der Waals surface area contributed by atoms with Crippen molar-refractivity contribution in [3.63, 3.8) is 0 Å². The molecule has 8 nitrogen and oxygen atoms in total. The Hall–Kier alpha value is -3.88. The summed E-state index contributed by atoms with van der Waals surface area (Å²) in [6.07, 6.45) is 3.13. The molecule has 0 radical (unpaired) electrons. The smallest absolute Gasteiger partial charge is 0.297 e. The second-order valence-electron chi connectivity index (χ2n) is 9.76. The Kier molecular flexibility index (Phi) is 7.10. The lowest BCUT2D eigenvalue weighted by molar-refractivity contribution is 0.0612. The maximum atomic E-state index is 14.0. The zero-order chi connectivity index (χ0) is 27.0. The number of amides is 1. The summed E-state index contributed by atoms with van der Waals surface area (Å²) in [5.74, 6) is 0.159. The van der Waals surface area contributed by atoms with E-state index in [1.807, 2.05) is 32.9 Å². The van der Waals surface area contributed by atoms with Crippen molar-refractivity contribution in [3.8, 4) is 0 Å². The Balaban J connectivity index is 1.76. The lowest BCUT2D eigenvalue weighted by Crippen LogP contribution is -2.43. The van der Waals surface area contributed by atoms with Crippen molar-refractivity contribution in [3.05, 3.63) is 98.9 Å². The van der Waals surface area contributed by atoms with Crippen LogP contribution in [-0.4, -0.2) is 33.4 Å². The Morgan fingerprint density at radius 1 is 1.16 bits per heavy atom. The lowest BCUT2D eigenvalue weighted by Gasteiger charge is -2.35. The number of carbonyl (C=O) groups is 1. The van der Waals surface area contributed by atoms with Gasteiger partial charge in [0.05, 0.1) is 25.1 Å². The van der Waals surface area contributed by atoms with Gasteiger partial charge in [-0.3, -0.25) is 14.2 Å². The summed E-state index contributed by atoms with van der Waals surface area (Å²) >= 11 is 6.28. The minimum absolute atomic E-state index is 0.0994. The molecule has 1 atom stereocenters. The quantitative estimate of drug-likeness (QED) is 0.281. The molecule has 1 amide bonds. The predicted molar refractivity (Wildman–Crippen MR) is 147 cm³/mol. The highest BCUT2D eigenvalue weighted by molar-refractivity contribution is 6.31. The van der Waals surface area contributed by atoms with Gasteiger partial charge in [-0.15, -0.1) is 0 Å². The molecule has 0 spiro atoms. The van der Waals surface area contributed by atoms with Crippen LogP contribution in [0, 0.1) is 12.8 Å². The van der Waals surface area contributed by atoms with Crippen LogP contribution in [0.3, 0.4) is 0 Å². The highest BCUT2D eigenvalue weighted by atomic mass is 35.5. The monoisotopic (exact) mass is 532 g/mol. The zero-order valence-electron chi connectivity index (χ0n) is 21.5. The topological polar surface area (TPSA) is 108 Å². The number of fused-ring (bicyclic) bond motifs is 3. The number of hydrogen-bond donors (Lipinski definition) is 1. The van der Waals surface area contributed by atoms with Crippen molar-refractivity contribution < 1.29 is 13.6 Å². The second kappa shape index (κ2) is 10.5. The number of furan rings is 2. The predicted octanol–water partition coefficient (Wildman–Crippen LogP) is 5.54. The van der Waals surface area contributed by atoms with Gasteiger partial charge in [0.1, 0.15) is 16.9 Å². The molecule has 196 valence electrons. The molecule has 2 aromatic carbocycles. The van der Waals surface area contributed by atoms with E-state index in [4.69, 9.17) is 31.2 Å². The Morgan fingerprint density at radius 2 is 1.92 bits per heavy atom. The first-order valence-electron chi connectivity index (χ1n) is 12.5. The number of rotatable bonds is 8. The fourth-order valence-electron chi connectivity index (χ4n) is 4.82. The van der Waals surface area contributed by atoms with Crippen molar-refractivity contribution in [1.82, 2.24) is 14.5 Å². The van der Waals surface area contributed by atoms with E-state index in [-0.39, 0.29) is 42.6 Å². The number of aryl methyl sites for hydroxylation is 1. The summed E-state index contributed by atoms with van der Waals surface area (Å²) in [7, 11) is 0. The van der Waals surface area contributed by atoms with E-state index in [2.05, 4.69) is 0 Å². The molecule has 38 heavy (non-hydrogen) atoms. The summed E-state index contributed by atoms with van der Waals surface area (Å²) in [5.41, 5.74) is 9.09. The Morgan fingerprint density at radius 3 is 2.58 bits per heavy atom. The van der Waals surface area contributed by atoms with Crippen molar-refractivity contribution >= 4 is 39.6 Å². The third kappa shape index (κ3) is 4.73. The first kappa shape index (κ1) is 25.8. The zero-order valence-corrected chi connectivity index (χ0v) is 22.2. The summed E-state index contributed by atoms with van der Waals surface area (Å²) in [6.45, 7) is 6.70. The normalized spacial score (nSPS) is 12.5. The van der Waals surface area contributed by atoms with E-state index in [1.54, 1.807) is 58.4 Å². The van der Waals surface area contributed by atoms with E-state index in [0.29, 0.717) is 32.9 Å². The third-order valence-corrected chi connectivity index (χ3v) is 6.88. The summed E-state index contributed by atoms with van der Waals surface area (Å²) in [6, 6.07) is 13.8. The van der Waals surface area contributed by atoms with Crippen LogP contribution in [-0.2, 0) is 6.54 Å². The number of halogens is 1. The van der Waals surface area contributed by atoms with Gasteiger partial charge < -0.3 is 19.5 Å². The average Bonchev–Trinajstić information content (AvgIpc) is 3.53. The maximum absolute atomic E-state index is 14.0. The van der Waals surface area contributed by atoms with Crippen molar-refractivity contribution in [1.29, 1.82) is 0 Å². The first-order chi connectivity index (χ1) is 18.3. The molecule has 2 N–H and O–H groups in total. The van der Waals surface area contributed by atoms with Crippen LogP contribution in [0.15, 0.2) is 74.7 Å². The minimum Gasteiger partial charge on any atom is -0.472 e. The van der Waals surface area contributed by atoms with E-state index < -0.39 is 6.04 Å². The lowest BCUT2D eigenvalue weighted by atomic mass is 9.99. The fraction of sp³-hybridized carbons (Fsp3) is 0.276. The van der Waals surface area contributed by atoms with E-state index in [0.717, 1.165) is 11.1 Å². The van der Waals surface area contributed by atoms with Gasteiger partial charge >= 0.3 is 0 Å². The first-order valence-corrected chi connectivity index (χ1v) is 12.9. The molecule has 9 heteroatoms. The van der Waals surface area contributed by atoms with Crippen LogP contribution in [0.25, 0.3) is 22.1 Å². The molecule has 1 unspecified atom stereocenters. The van der Waals surface area contributed by atoms with Crippen molar-refractivity contribution in [2.75, 3.05) is 13.1 Å². The maximum Gasteiger partial charge on any atom is 0.297 e. The molecule has 0 bridgehead atoms. The number of nitrogens with two attached hydrogens (primary N) is 1. The van der Waals surface area contributed by atoms with Crippen LogP contribution >= 0.6 is 11.6 Å². The third-order valence-electron chi connectivity index (χ3n) is 6.65. The number of benzene rings is 2. The SMILES string of the molecule is Cc1ccc(C(=O)N(CCN)C(c2nc3c(oc4ccc(Cl)cc43)c(=O)n2Cc2ccoc2)C(C)C)cc1. The van der Waals surface area contributed by atoms with E-state index >= 15 is 0 Å². The van der Waals surface area contributed by atoms with Gasteiger partial charge in [-0.05, 0) is 49.2 Å². The number of aromatic nitrogens is 2. The van der Waals surface area contributed by atoms with Crippen LogP contribution in [0.4, 0.5) is 0 Å². The molecule has 5 rings (SSSR count). The molecule has 0 aliphatic carbocycles. The molecular weight excluding hydrogens is 504 g/mol. The highest BCUT2D eigenvalue weighted by Gasteiger charge is 2.33. The molecule has 0 aliphatic heterocycles. The minimum atomic E-state index is -0.555. The van der Waals surface area contributed by atoms with Crippen molar-refractivity contribution in [2.24, 2.45) is 11.7 Å². The Labute approximate surface area is 224 Å². The fourth-order valence-corrected chi connectivity index (χ4v) is 5.00. The van der Waals surface area contributed by atoms with Gasteiger partial charge in [0.2, 0.25) is 5.58 Å². The molecular formula is C29H29ClN4O4. The summed E-state index contributed by atoms with van der Waals surface area (Å²) in [4.78, 5) is 34.5. The number of hydrogen-bond acceptors (Lipinski definition) is 6. The molecule has 3 heterocycles. The summed E-state index contributed by atoms with van der Waals surface area (Å²) < 4.78 is 12.8. The van der Waals surface area contributed by atoms with Crippen LogP contribution in [0.5, 0.6) is 0 Å². The van der Waals surface area contributed by atoms with Gasteiger partial charge in [0.15, 0.2) is 0 Å². The standard InChI is InChI=1S/C29H29ClN4O4/c1-17(2)25(33(12-11-31)28(35)20-6-4-18(3)5-7-20)27-32-24-22-14-21(30)8-9-23(22)38-26(24)29(36)34(27)15-19-10-13-37-16-19/h4-10,13-14,16-17,25H,11-12,15,31H2,1-3H3. The second-order valence-corrected chi connectivity index (χ2v) is 10.2. The number of nitrogens with zero attached hydrogens (tertiary/aromatic N) is 3. The van der Waals surface area contributed by atoms with Crippen molar-refractivity contribution in [2.45, 2.75) is 33.4 Å². The summed E-state index contributed by atoms with van der Waals surface area (Å²) in [5, 5.41) is 1.14. The van der Waals surface area contributed by atoms with E-state index in [1.165, 1.54) is 0 Å². The largest absolute Gasteiger partial charge is 0.472 e. The van der Waals surface area contributed by atoms with Crippen LogP contribution in [0.1, 0.15) is 47.2 Å². The van der Waals surface area contributed by atoms with Gasteiger partial charge in [-0.1, -0.05) is 43.1 Å². The molecule has 0 fully saturated rings. The average molecular weight is 533 g/mol. The van der Waals surface area contributed by atoms with Gasteiger partial charge in [0.25, 0.3) is 11.5 Å². The van der Waals surface area contributed by atoms with E-state index in [9.17, 15) is 9.59 Å². The molecule has 0 aliphatic rings. The van der Waals surface area contributed by atoms with Crippen LogP contribution < -0.4 is 11.3 Å². The van der Waals surface area contributed by atoms with Gasteiger partial charge in [0, 0.05) is 34.6 Å². The van der Waals surface area contributed by atoms with Gasteiger partial charge in [-0.2, -0.15) is 0 Å². The molecule has 3 aromatic heterocycles. The molecule has 0 saturated carbocycles. The molecule has 0 saturated heterocycles. The van der Waals surface area contributed by atoms with Gasteiger partial charge in [-0.25, -0.2) is 4.98 Å². The number of carbonyl (C=O) groups excluding carboxylic acids is 1. The van der Waals surface area contributed by atoms with Crippen LogP contribution in [0.2, 0.25) is 5.02 Å². The molecule has 5 aromatic rings. The highest BCUT2D eigenvalue weighted by Crippen LogP contribution is 2.33. The Bertz CT molecular complexity index is 1650.